The smallest absolute Gasteiger partial charge is 0.132 e. The van der Waals surface area contributed by atoms with Crippen LogP contribution >= 0.6 is 0 Å². The molecule has 0 bridgehead atoms. The van der Waals surface area contributed by atoms with E-state index in [4.69, 9.17) is 0 Å². The highest BCUT2D eigenvalue weighted by Gasteiger charge is 2.03. The molecule has 2 aromatic rings. The van der Waals surface area contributed by atoms with E-state index < -0.39 is 0 Å². The molecule has 1 aromatic heterocycles. The van der Waals surface area contributed by atoms with E-state index in [0.29, 0.717) is 5.75 Å². The predicted octanol–water partition coefficient (Wildman–Crippen LogP) is 2.97. The number of hydrogen-bond acceptors (Lipinski definition) is 2. The second-order valence-electron chi connectivity index (χ2n) is 3.07. The van der Waals surface area contributed by atoms with E-state index in [9.17, 15) is 5.11 Å². The fourth-order valence-corrected chi connectivity index (χ4v) is 1.47. The fraction of sp³-hybridized carbons (Fsp3) is 0.0833. The van der Waals surface area contributed by atoms with Gasteiger partial charge < -0.3 is 5.11 Å². The van der Waals surface area contributed by atoms with Crippen molar-refractivity contribution in [2.45, 2.75) is 6.92 Å². The van der Waals surface area contributed by atoms with E-state index in [0.717, 1.165) is 16.5 Å². The first kappa shape index (κ1) is 8.75. The first-order valence-corrected chi connectivity index (χ1v) is 4.52. The highest BCUT2D eigenvalue weighted by atomic mass is 16.3. The van der Waals surface area contributed by atoms with Gasteiger partial charge in [-0.2, -0.15) is 0 Å². The molecule has 14 heavy (non-hydrogen) atoms. The Kier molecular flexibility index (Phi) is 2.19. The third kappa shape index (κ3) is 1.35. The van der Waals surface area contributed by atoms with Crippen molar-refractivity contribution in [1.82, 2.24) is 4.98 Å². The van der Waals surface area contributed by atoms with E-state index in [2.05, 4.69) is 4.98 Å². The second kappa shape index (κ2) is 3.50. The second-order valence-corrected chi connectivity index (χ2v) is 3.07. The maximum absolute atomic E-state index is 9.89. The van der Waals surface area contributed by atoms with Crippen molar-refractivity contribution < 1.29 is 5.11 Å². The molecule has 1 N–H and O–H groups in total. The molecular formula is C12H11NO. The lowest BCUT2D eigenvalue weighted by molar-refractivity contribution is 0.480. The summed E-state index contributed by atoms with van der Waals surface area (Å²) in [6.07, 6.45) is 5.50. The fourth-order valence-electron chi connectivity index (χ4n) is 1.47. The van der Waals surface area contributed by atoms with Gasteiger partial charge in [0.05, 0.1) is 5.52 Å². The maximum Gasteiger partial charge on any atom is 0.132 e. The van der Waals surface area contributed by atoms with Crippen molar-refractivity contribution in [1.29, 1.82) is 0 Å². The lowest BCUT2D eigenvalue weighted by atomic mass is 10.1. The SMILES string of the molecule is C/C=C/c1ccc2ncccc2c1O. The molecule has 1 heterocycles. The van der Waals surface area contributed by atoms with Gasteiger partial charge in [0.15, 0.2) is 0 Å². The quantitative estimate of drug-likeness (QED) is 0.740. The molecule has 0 spiro atoms. The number of benzene rings is 1. The maximum atomic E-state index is 9.89. The number of fused-ring (bicyclic) bond motifs is 1. The van der Waals surface area contributed by atoms with Crippen molar-refractivity contribution in [2.24, 2.45) is 0 Å². The molecule has 0 aliphatic rings. The molecular weight excluding hydrogens is 174 g/mol. The van der Waals surface area contributed by atoms with Crippen LogP contribution in [0.25, 0.3) is 17.0 Å². The average Bonchev–Trinajstić information content (AvgIpc) is 2.23. The number of rotatable bonds is 1. The van der Waals surface area contributed by atoms with Crippen LogP contribution in [0.1, 0.15) is 12.5 Å². The predicted molar refractivity (Wildman–Crippen MR) is 58.1 cm³/mol. The third-order valence-electron chi connectivity index (χ3n) is 2.13. The monoisotopic (exact) mass is 185 g/mol. The van der Waals surface area contributed by atoms with Crippen molar-refractivity contribution in [3.63, 3.8) is 0 Å². The van der Waals surface area contributed by atoms with Crippen LogP contribution in [0.5, 0.6) is 5.75 Å². The first-order valence-electron chi connectivity index (χ1n) is 4.52. The zero-order chi connectivity index (χ0) is 9.97. The number of allylic oxidation sites excluding steroid dienone is 1. The summed E-state index contributed by atoms with van der Waals surface area (Å²) in [5.41, 5.74) is 1.64. The molecule has 2 rings (SSSR count). The van der Waals surface area contributed by atoms with E-state index in [1.807, 2.05) is 43.3 Å². The van der Waals surface area contributed by atoms with Gasteiger partial charge in [0, 0.05) is 17.1 Å². The minimum Gasteiger partial charge on any atom is -0.507 e. The molecule has 0 aliphatic heterocycles. The Labute approximate surface area is 82.5 Å². The summed E-state index contributed by atoms with van der Waals surface area (Å²) in [5, 5.41) is 10.7. The number of aromatic nitrogens is 1. The van der Waals surface area contributed by atoms with Gasteiger partial charge in [-0.05, 0) is 31.2 Å². The summed E-state index contributed by atoms with van der Waals surface area (Å²) in [6.45, 7) is 1.92. The standard InChI is InChI=1S/C12H11NO/c1-2-4-9-6-7-11-10(12(9)14)5-3-8-13-11/h2-8,14H,1H3/b4-2+. The van der Waals surface area contributed by atoms with E-state index in [-0.39, 0.29) is 0 Å². The Bertz CT molecular complexity index is 489. The van der Waals surface area contributed by atoms with Gasteiger partial charge in [-0.25, -0.2) is 0 Å². The zero-order valence-electron chi connectivity index (χ0n) is 7.94. The van der Waals surface area contributed by atoms with Crippen LogP contribution in [0.4, 0.5) is 0 Å². The number of aromatic hydroxyl groups is 1. The Morgan fingerprint density at radius 2 is 2.14 bits per heavy atom. The molecule has 0 aliphatic carbocycles. The highest BCUT2D eigenvalue weighted by molar-refractivity contribution is 5.88. The molecule has 0 saturated heterocycles. The molecule has 0 fully saturated rings. The Morgan fingerprint density at radius 3 is 2.93 bits per heavy atom. The van der Waals surface area contributed by atoms with E-state index in [1.165, 1.54) is 0 Å². The Morgan fingerprint density at radius 1 is 1.29 bits per heavy atom. The lowest BCUT2D eigenvalue weighted by Gasteiger charge is -2.02. The number of pyridine rings is 1. The summed E-state index contributed by atoms with van der Waals surface area (Å²) in [5.74, 6) is 0.300. The normalized spacial score (nSPS) is 11.2. The van der Waals surface area contributed by atoms with Crippen LogP contribution in [0, 0.1) is 0 Å². The highest BCUT2D eigenvalue weighted by Crippen LogP contribution is 2.27. The minimum absolute atomic E-state index is 0.300. The van der Waals surface area contributed by atoms with Crippen molar-refractivity contribution in [3.05, 3.63) is 42.1 Å². The van der Waals surface area contributed by atoms with Gasteiger partial charge in [0.1, 0.15) is 5.75 Å². The first-order chi connectivity index (χ1) is 6.83. The van der Waals surface area contributed by atoms with Crippen LogP contribution in [0.2, 0.25) is 0 Å². The number of phenolic OH excluding ortho intramolecular Hbond substituents is 1. The summed E-state index contributed by atoms with van der Waals surface area (Å²) in [4.78, 5) is 4.16. The van der Waals surface area contributed by atoms with Crippen molar-refractivity contribution >= 4 is 17.0 Å². The average molecular weight is 185 g/mol. The summed E-state index contributed by atoms with van der Waals surface area (Å²) in [6, 6.07) is 7.46. The van der Waals surface area contributed by atoms with E-state index >= 15 is 0 Å². The van der Waals surface area contributed by atoms with Gasteiger partial charge in [-0.1, -0.05) is 12.2 Å². The van der Waals surface area contributed by atoms with Gasteiger partial charge in [-0.3, -0.25) is 4.98 Å². The molecule has 2 nitrogen and oxygen atoms in total. The lowest BCUT2D eigenvalue weighted by Crippen LogP contribution is -1.81. The zero-order valence-corrected chi connectivity index (χ0v) is 7.94. The Hall–Kier alpha value is -1.83. The molecule has 0 atom stereocenters. The molecule has 1 aromatic carbocycles. The number of nitrogens with zero attached hydrogens (tertiary/aromatic N) is 1. The molecule has 0 radical (unpaired) electrons. The largest absolute Gasteiger partial charge is 0.507 e. The van der Waals surface area contributed by atoms with Crippen LogP contribution in [0.15, 0.2) is 36.5 Å². The van der Waals surface area contributed by atoms with Crippen molar-refractivity contribution in [3.8, 4) is 5.75 Å². The summed E-state index contributed by atoms with van der Waals surface area (Å²) in [7, 11) is 0. The van der Waals surface area contributed by atoms with Gasteiger partial charge >= 0.3 is 0 Å². The molecule has 0 saturated carbocycles. The molecule has 0 amide bonds. The third-order valence-corrected chi connectivity index (χ3v) is 2.13. The topological polar surface area (TPSA) is 33.1 Å². The van der Waals surface area contributed by atoms with Gasteiger partial charge in [-0.15, -0.1) is 0 Å². The van der Waals surface area contributed by atoms with Crippen LogP contribution < -0.4 is 0 Å². The number of phenols is 1. The number of hydrogen-bond donors (Lipinski definition) is 1. The Balaban J connectivity index is 2.75. The van der Waals surface area contributed by atoms with Gasteiger partial charge in [0.25, 0.3) is 0 Å². The van der Waals surface area contributed by atoms with Crippen molar-refractivity contribution in [2.75, 3.05) is 0 Å². The van der Waals surface area contributed by atoms with Crippen LogP contribution in [-0.2, 0) is 0 Å². The van der Waals surface area contributed by atoms with Crippen LogP contribution in [-0.4, -0.2) is 10.1 Å². The molecule has 2 heteroatoms. The molecule has 70 valence electrons. The molecule has 0 unspecified atom stereocenters. The minimum atomic E-state index is 0.300. The summed E-state index contributed by atoms with van der Waals surface area (Å²) < 4.78 is 0. The van der Waals surface area contributed by atoms with Gasteiger partial charge in [0.2, 0.25) is 0 Å². The van der Waals surface area contributed by atoms with E-state index in [1.54, 1.807) is 6.20 Å². The van der Waals surface area contributed by atoms with Crippen LogP contribution in [0.3, 0.4) is 0 Å². The summed E-state index contributed by atoms with van der Waals surface area (Å²) >= 11 is 0.